The molecule has 5 heterocycles. The van der Waals surface area contributed by atoms with Crippen molar-refractivity contribution in [3.8, 4) is 11.3 Å². The molecule has 0 radical (unpaired) electrons. The van der Waals surface area contributed by atoms with Crippen molar-refractivity contribution < 1.29 is 0 Å². The number of fused-ring (bicyclic) bond motifs is 1. The van der Waals surface area contributed by atoms with Crippen molar-refractivity contribution in [3.63, 3.8) is 0 Å². The van der Waals surface area contributed by atoms with Crippen LogP contribution in [-0.4, -0.2) is 47.3 Å². The van der Waals surface area contributed by atoms with Crippen LogP contribution in [0.1, 0.15) is 12.8 Å². The Balaban J connectivity index is 1.47. The number of H-pyrrole nitrogens is 1. The van der Waals surface area contributed by atoms with E-state index >= 15 is 0 Å². The van der Waals surface area contributed by atoms with Crippen LogP contribution in [-0.2, 0) is 6.54 Å². The summed E-state index contributed by atoms with van der Waals surface area (Å²) in [6.07, 6.45) is 8.59. The maximum atomic E-state index is 12.4. The average molecular weight is 374 g/mol. The van der Waals surface area contributed by atoms with Gasteiger partial charge in [-0.1, -0.05) is 0 Å². The highest BCUT2D eigenvalue weighted by atomic mass is 16.1. The third-order valence-electron chi connectivity index (χ3n) is 5.08. The molecule has 0 spiro atoms. The average Bonchev–Trinajstić information content (AvgIpc) is 3.39. The topological polar surface area (TPSA) is 105 Å². The zero-order valence-corrected chi connectivity index (χ0v) is 15.1. The van der Waals surface area contributed by atoms with Crippen molar-refractivity contribution in [1.29, 1.82) is 0 Å². The Kier molecular flexibility index (Phi) is 4.04. The lowest BCUT2D eigenvalue weighted by molar-refractivity contribution is 0.489. The molecule has 4 aromatic heterocycles. The first kappa shape index (κ1) is 16.5. The Morgan fingerprint density at radius 3 is 2.89 bits per heavy atom. The molecule has 1 aliphatic heterocycles. The fraction of sp³-hybridized carbons (Fsp3) is 0.263. The molecule has 9 nitrogen and oxygen atoms in total. The predicted molar refractivity (Wildman–Crippen MR) is 104 cm³/mol. The van der Waals surface area contributed by atoms with Gasteiger partial charge in [-0.2, -0.15) is 5.10 Å². The van der Waals surface area contributed by atoms with E-state index in [2.05, 4.69) is 34.9 Å². The highest BCUT2D eigenvalue weighted by Crippen LogP contribution is 2.28. The summed E-state index contributed by atoms with van der Waals surface area (Å²) in [5, 5.41) is 4.58. The number of nitrogens with one attached hydrogen (secondary N) is 1. The molecule has 1 saturated heterocycles. The second-order valence-corrected chi connectivity index (χ2v) is 6.76. The van der Waals surface area contributed by atoms with Crippen molar-refractivity contribution in [2.45, 2.75) is 25.4 Å². The van der Waals surface area contributed by atoms with Crippen molar-refractivity contribution in [1.82, 2.24) is 34.7 Å². The van der Waals surface area contributed by atoms with Gasteiger partial charge in [-0.05, 0) is 31.0 Å². The van der Waals surface area contributed by atoms with Gasteiger partial charge in [0, 0.05) is 30.6 Å². The van der Waals surface area contributed by atoms with Crippen LogP contribution < -0.4 is 10.5 Å². The quantitative estimate of drug-likeness (QED) is 0.579. The molecule has 140 valence electrons. The molecule has 1 N–H and O–H groups in total. The van der Waals surface area contributed by atoms with Gasteiger partial charge in [0.2, 0.25) is 0 Å². The minimum atomic E-state index is -0.112. The summed E-state index contributed by atoms with van der Waals surface area (Å²) in [6, 6.07) is 7.21. The number of anilines is 1. The van der Waals surface area contributed by atoms with Gasteiger partial charge in [-0.15, -0.1) is 0 Å². The van der Waals surface area contributed by atoms with Gasteiger partial charge in [0.15, 0.2) is 11.5 Å². The van der Waals surface area contributed by atoms with Crippen LogP contribution in [0.3, 0.4) is 0 Å². The van der Waals surface area contributed by atoms with E-state index in [0.717, 1.165) is 42.0 Å². The molecule has 5 rings (SSSR count). The largest absolute Gasteiger partial charge is 0.350 e. The van der Waals surface area contributed by atoms with Gasteiger partial charge in [-0.25, -0.2) is 19.6 Å². The van der Waals surface area contributed by atoms with Gasteiger partial charge < -0.3 is 9.88 Å². The van der Waals surface area contributed by atoms with E-state index in [1.807, 2.05) is 12.1 Å². The smallest absolute Gasteiger partial charge is 0.266 e. The SMILES string of the molecule is O=c1ccc(-c2ccncc2)nn1CC1CCCN1c1ncnc2nc[nH]c12. The lowest BCUT2D eigenvalue weighted by Gasteiger charge is -2.26. The van der Waals surface area contributed by atoms with Crippen LogP contribution in [0, 0.1) is 0 Å². The lowest BCUT2D eigenvalue weighted by Crippen LogP contribution is -2.37. The third-order valence-corrected chi connectivity index (χ3v) is 5.08. The maximum absolute atomic E-state index is 12.4. The second kappa shape index (κ2) is 6.84. The number of aromatic nitrogens is 7. The van der Waals surface area contributed by atoms with Gasteiger partial charge in [0.1, 0.15) is 11.8 Å². The van der Waals surface area contributed by atoms with Crippen molar-refractivity contribution in [2.24, 2.45) is 0 Å². The maximum Gasteiger partial charge on any atom is 0.266 e. The molecule has 1 aliphatic rings. The standard InChI is InChI=1S/C19H18N8O/c28-16-4-3-15(13-5-7-20-8-6-13)25-27(16)10-14-2-1-9-26(14)19-17-18(22-11-21-17)23-12-24-19/h3-8,11-12,14H,1-2,9-10H2,(H,21,22,23,24). The zero-order valence-electron chi connectivity index (χ0n) is 15.1. The van der Waals surface area contributed by atoms with E-state index in [4.69, 9.17) is 0 Å². The normalized spacial score (nSPS) is 16.7. The van der Waals surface area contributed by atoms with Crippen LogP contribution >= 0.6 is 0 Å². The second-order valence-electron chi connectivity index (χ2n) is 6.76. The summed E-state index contributed by atoms with van der Waals surface area (Å²) in [4.78, 5) is 34.7. The molecule has 0 amide bonds. The van der Waals surface area contributed by atoms with Crippen LogP contribution in [0.25, 0.3) is 22.4 Å². The molecular weight excluding hydrogens is 356 g/mol. The molecule has 1 fully saturated rings. The zero-order chi connectivity index (χ0) is 18.9. The molecule has 0 saturated carbocycles. The number of pyridine rings is 1. The summed E-state index contributed by atoms with van der Waals surface area (Å²) < 4.78 is 1.55. The number of aromatic amines is 1. The van der Waals surface area contributed by atoms with E-state index in [1.54, 1.807) is 35.5 Å². The molecule has 1 unspecified atom stereocenters. The highest BCUT2D eigenvalue weighted by molar-refractivity contribution is 5.82. The Labute approximate surface area is 160 Å². The van der Waals surface area contributed by atoms with Crippen LogP contribution in [0.4, 0.5) is 5.82 Å². The Morgan fingerprint density at radius 2 is 2.00 bits per heavy atom. The summed E-state index contributed by atoms with van der Waals surface area (Å²) >= 11 is 0. The number of rotatable bonds is 4. The first-order valence-corrected chi connectivity index (χ1v) is 9.19. The lowest BCUT2D eigenvalue weighted by atomic mass is 10.2. The van der Waals surface area contributed by atoms with E-state index in [1.165, 1.54) is 6.33 Å². The van der Waals surface area contributed by atoms with E-state index in [-0.39, 0.29) is 11.6 Å². The van der Waals surface area contributed by atoms with Gasteiger partial charge in [-0.3, -0.25) is 9.78 Å². The van der Waals surface area contributed by atoms with Crippen molar-refractivity contribution >= 4 is 17.0 Å². The number of hydrogen-bond donors (Lipinski definition) is 1. The Bertz CT molecular complexity index is 1170. The number of hydrogen-bond acceptors (Lipinski definition) is 7. The predicted octanol–water partition coefficient (Wildman–Crippen LogP) is 1.64. The van der Waals surface area contributed by atoms with E-state index in [9.17, 15) is 4.79 Å². The van der Waals surface area contributed by atoms with Gasteiger partial charge in [0.25, 0.3) is 5.56 Å². The molecule has 9 heteroatoms. The molecule has 28 heavy (non-hydrogen) atoms. The van der Waals surface area contributed by atoms with Crippen molar-refractivity contribution in [2.75, 3.05) is 11.4 Å². The number of imidazole rings is 1. The minimum Gasteiger partial charge on any atom is -0.350 e. The first-order valence-electron chi connectivity index (χ1n) is 9.19. The van der Waals surface area contributed by atoms with Gasteiger partial charge >= 0.3 is 0 Å². The van der Waals surface area contributed by atoms with Gasteiger partial charge in [0.05, 0.1) is 24.6 Å². The summed E-state index contributed by atoms with van der Waals surface area (Å²) in [5.41, 5.74) is 3.04. The molecular formula is C19H18N8O. The summed E-state index contributed by atoms with van der Waals surface area (Å²) in [6.45, 7) is 1.37. The fourth-order valence-corrected chi connectivity index (χ4v) is 3.73. The van der Waals surface area contributed by atoms with E-state index < -0.39 is 0 Å². The monoisotopic (exact) mass is 374 g/mol. The third kappa shape index (κ3) is 2.90. The first-order chi connectivity index (χ1) is 13.8. The van der Waals surface area contributed by atoms with E-state index in [0.29, 0.717) is 12.2 Å². The Morgan fingerprint density at radius 1 is 1.11 bits per heavy atom. The van der Waals surface area contributed by atoms with Crippen LogP contribution in [0.5, 0.6) is 0 Å². The molecule has 4 aromatic rings. The molecule has 1 atom stereocenters. The highest BCUT2D eigenvalue weighted by Gasteiger charge is 2.28. The van der Waals surface area contributed by atoms with Crippen LogP contribution in [0.2, 0.25) is 0 Å². The molecule has 0 bridgehead atoms. The Hall–Kier alpha value is -3.62. The number of nitrogens with zero attached hydrogens (tertiary/aromatic N) is 7. The summed E-state index contributed by atoms with van der Waals surface area (Å²) in [5.74, 6) is 0.823. The van der Waals surface area contributed by atoms with Crippen LogP contribution in [0.15, 0.2) is 54.1 Å². The molecule has 0 aliphatic carbocycles. The minimum absolute atomic E-state index is 0.112. The molecule has 0 aromatic carbocycles. The van der Waals surface area contributed by atoms with Crippen molar-refractivity contribution in [3.05, 3.63) is 59.7 Å². The summed E-state index contributed by atoms with van der Waals surface area (Å²) in [7, 11) is 0. The fourth-order valence-electron chi connectivity index (χ4n) is 3.73.